The maximum Gasteiger partial charge on any atom is 0.310 e. The Labute approximate surface area is 112 Å². The number of carboxylic acids is 1. The smallest absolute Gasteiger partial charge is 0.310 e. The van der Waals surface area contributed by atoms with Gasteiger partial charge in [-0.3, -0.25) is 9.59 Å². The minimum absolute atomic E-state index is 0.0993. The van der Waals surface area contributed by atoms with Crippen molar-refractivity contribution in [3.63, 3.8) is 0 Å². The molecule has 1 amide bonds. The van der Waals surface area contributed by atoms with E-state index in [1.54, 1.807) is 0 Å². The molecule has 0 heterocycles. The number of hydrogen-bond acceptors (Lipinski definition) is 4. The highest BCUT2D eigenvalue weighted by Gasteiger charge is 2.42. The fourth-order valence-electron chi connectivity index (χ4n) is 2.51. The quantitative estimate of drug-likeness (QED) is 0.556. The average Bonchev–Trinajstić information content (AvgIpc) is 2.39. The Morgan fingerprint density at radius 1 is 1.16 bits per heavy atom. The number of amides is 1. The molecule has 1 fully saturated rings. The molecule has 1 aliphatic carbocycles. The summed E-state index contributed by atoms with van der Waals surface area (Å²) in [6, 6.07) is 0. The van der Waals surface area contributed by atoms with Crippen LogP contribution in [0.4, 0.5) is 0 Å². The number of aliphatic hydroxyl groups is 2. The standard InChI is InChI=1S/C13H23NO5/c1-12(8-15,9-16)14-10(17)7-13(11(18)19)5-3-2-4-6-13/h15-16H,2-9H2,1H3,(H,14,17)(H,18,19). The summed E-state index contributed by atoms with van der Waals surface area (Å²) >= 11 is 0. The van der Waals surface area contributed by atoms with Gasteiger partial charge in [0, 0.05) is 6.42 Å². The predicted octanol–water partition coefficient (Wildman–Crippen LogP) is 0.271. The van der Waals surface area contributed by atoms with Crippen molar-refractivity contribution in [2.45, 2.75) is 51.0 Å². The molecule has 6 nitrogen and oxygen atoms in total. The Hall–Kier alpha value is -1.14. The van der Waals surface area contributed by atoms with E-state index in [0.717, 1.165) is 19.3 Å². The minimum atomic E-state index is -1.11. The molecule has 6 heteroatoms. The summed E-state index contributed by atoms with van der Waals surface area (Å²) in [6.45, 7) is 0.726. The molecular weight excluding hydrogens is 250 g/mol. The summed E-state index contributed by atoms with van der Waals surface area (Å²) in [6.07, 6.45) is 3.54. The van der Waals surface area contributed by atoms with Gasteiger partial charge in [0.05, 0.1) is 24.2 Å². The second-order valence-corrected chi connectivity index (χ2v) is 5.75. The Bertz CT molecular complexity index is 332. The first-order valence-electron chi connectivity index (χ1n) is 6.64. The lowest BCUT2D eigenvalue weighted by atomic mass is 9.71. The maximum absolute atomic E-state index is 12.0. The fraction of sp³-hybridized carbons (Fsp3) is 0.846. The van der Waals surface area contributed by atoms with Crippen molar-refractivity contribution in [1.29, 1.82) is 0 Å². The van der Waals surface area contributed by atoms with Crippen molar-refractivity contribution >= 4 is 11.9 Å². The molecule has 0 atom stereocenters. The molecule has 1 rings (SSSR count). The Balaban J connectivity index is 2.70. The molecule has 110 valence electrons. The number of nitrogens with one attached hydrogen (secondary N) is 1. The van der Waals surface area contributed by atoms with Crippen molar-refractivity contribution < 1.29 is 24.9 Å². The summed E-state index contributed by atoms with van der Waals surface area (Å²) in [5, 5.41) is 30.1. The fourth-order valence-corrected chi connectivity index (χ4v) is 2.51. The average molecular weight is 273 g/mol. The highest BCUT2D eigenvalue weighted by Crippen LogP contribution is 2.39. The third kappa shape index (κ3) is 3.91. The molecule has 0 aromatic heterocycles. The van der Waals surface area contributed by atoms with E-state index in [2.05, 4.69) is 5.32 Å². The zero-order valence-electron chi connectivity index (χ0n) is 11.3. The van der Waals surface area contributed by atoms with Gasteiger partial charge in [-0.1, -0.05) is 19.3 Å². The van der Waals surface area contributed by atoms with E-state index in [-0.39, 0.29) is 6.42 Å². The summed E-state index contributed by atoms with van der Waals surface area (Å²) in [7, 11) is 0. The third-order valence-corrected chi connectivity index (χ3v) is 3.90. The van der Waals surface area contributed by atoms with Crippen LogP contribution in [0.3, 0.4) is 0 Å². The van der Waals surface area contributed by atoms with Crippen LogP contribution in [-0.4, -0.2) is 45.9 Å². The molecule has 0 aliphatic heterocycles. The Morgan fingerprint density at radius 3 is 2.11 bits per heavy atom. The van der Waals surface area contributed by atoms with Crippen LogP contribution in [0.5, 0.6) is 0 Å². The molecule has 1 saturated carbocycles. The highest BCUT2D eigenvalue weighted by molar-refractivity contribution is 5.85. The van der Waals surface area contributed by atoms with Crippen LogP contribution in [0.1, 0.15) is 45.4 Å². The maximum atomic E-state index is 12.0. The molecule has 4 N–H and O–H groups in total. The van der Waals surface area contributed by atoms with E-state index >= 15 is 0 Å². The number of hydrogen-bond donors (Lipinski definition) is 4. The number of carboxylic acid groups (broad SMARTS) is 1. The molecule has 0 aromatic rings. The van der Waals surface area contributed by atoms with Gasteiger partial charge < -0.3 is 20.6 Å². The molecular formula is C13H23NO5. The van der Waals surface area contributed by atoms with Gasteiger partial charge in [-0.15, -0.1) is 0 Å². The third-order valence-electron chi connectivity index (χ3n) is 3.90. The number of carbonyl (C=O) groups is 2. The van der Waals surface area contributed by atoms with E-state index in [1.165, 1.54) is 6.92 Å². The molecule has 0 saturated heterocycles. The molecule has 0 spiro atoms. The van der Waals surface area contributed by atoms with Crippen molar-refractivity contribution in [3.05, 3.63) is 0 Å². The van der Waals surface area contributed by atoms with Crippen molar-refractivity contribution in [2.24, 2.45) is 5.41 Å². The normalized spacial score (nSPS) is 18.9. The number of aliphatic carboxylic acids is 1. The van der Waals surface area contributed by atoms with Crippen LogP contribution in [0.2, 0.25) is 0 Å². The van der Waals surface area contributed by atoms with Gasteiger partial charge in [0.2, 0.25) is 5.91 Å². The first-order chi connectivity index (χ1) is 8.87. The summed E-state index contributed by atoms with van der Waals surface area (Å²) in [4.78, 5) is 23.4. The van der Waals surface area contributed by atoms with Crippen molar-refractivity contribution in [2.75, 3.05) is 13.2 Å². The van der Waals surface area contributed by atoms with Crippen LogP contribution >= 0.6 is 0 Å². The summed E-state index contributed by atoms with van der Waals surface area (Å²) in [5.41, 5.74) is -2.10. The second-order valence-electron chi connectivity index (χ2n) is 5.75. The van der Waals surface area contributed by atoms with Crippen molar-refractivity contribution in [3.8, 4) is 0 Å². The predicted molar refractivity (Wildman–Crippen MR) is 68.5 cm³/mol. The summed E-state index contributed by atoms with van der Waals surface area (Å²) < 4.78 is 0. The first kappa shape index (κ1) is 15.9. The molecule has 0 radical (unpaired) electrons. The number of rotatable bonds is 6. The Morgan fingerprint density at radius 2 is 1.68 bits per heavy atom. The lowest BCUT2D eigenvalue weighted by Crippen LogP contribution is -2.53. The molecule has 1 aliphatic rings. The molecule has 0 aromatic carbocycles. The van der Waals surface area contributed by atoms with E-state index < -0.39 is 36.0 Å². The number of aliphatic hydroxyl groups excluding tert-OH is 2. The topological polar surface area (TPSA) is 107 Å². The minimum Gasteiger partial charge on any atom is -0.481 e. The van der Waals surface area contributed by atoms with Gasteiger partial charge >= 0.3 is 5.97 Å². The van der Waals surface area contributed by atoms with E-state index in [9.17, 15) is 14.7 Å². The van der Waals surface area contributed by atoms with E-state index in [0.29, 0.717) is 12.8 Å². The largest absolute Gasteiger partial charge is 0.481 e. The molecule has 19 heavy (non-hydrogen) atoms. The second kappa shape index (κ2) is 6.34. The van der Waals surface area contributed by atoms with Gasteiger partial charge in [0.15, 0.2) is 0 Å². The van der Waals surface area contributed by atoms with E-state index in [1.807, 2.05) is 0 Å². The first-order valence-corrected chi connectivity index (χ1v) is 6.64. The van der Waals surface area contributed by atoms with Crippen molar-refractivity contribution in [1.82, 2.24) is 5.32 Å². The van der Waals surface area contributed by atoms with Gasteiger partial charge in [0.25, 0.3) is 0 Å². The monoisotopic (exact) mass is 273 g/mol. The number of carbonyl (C=O) groups excluding carboxylic acids is 1. The summed E-state index contributed by atoms with van der Waals surface area (Å²) in [5.74, 6) is -1.37. The van der Waals surface area contributed by atoms with Gasteiger partial charge in [-0.05, 0) is 19.8 Å². The zero-order chi connectivity index (χ0) is 14.5. The van der Waals surface area contributed by atoms with Gasteiger partial charge in [-0.25, -0.2) is 0 Å². The zero-order valence-corrected chi connectivity index (χ0v) is 11.3. The molecule has 0 unspecified atom stereocenters. The van der Waals surface area contributed by atoms with Crippen LogP contribution in [-0.2, 0) is 9.59 Å². The lowest BCUT2D eigenvalue weighted by Gasteiger charge is -2.34. The van der Waals surface area contributed by atoms with Gasteiger partial charge in [0.1, 0.15) is 0 Å². The van der Waals surface area contributed by atoms with Gasteiger partial charge in [-0.2, -0.15) is 0 Å². The Kier molecular flexibility index (Phi) is 5.31. The van der Waals surface area contributed by atoms with Crippen LogP contribution < -0.4 is 5.32 Å². The van der Waals surface area contributed by atoms with Crippen LogP contribution in [0.15, 0.2) is 0 Å². The highest BCUT2D eigenvalue weighted by atomic mass is 16.4. The van der Waals surface area contributed by atoms with E-state index in [4.69, 9.17) is 10.2 Å². The lowest BCUT2D eigenvalue weighted by molar-refractivity contribution is -0.154. The van der Waals surface area contributed by atoms with Crippen LogP contribution in [0.25, 0.3) is 0 Å². The van der Waals surface area contributed by atoms with Crippen LogP contribution in [0, 0.1) is 5.41 Å². The molecule has 0 bridgehead atoms. The SMILES string of the molecule is CC(CO)(CO)NC(=O)CC1(C(=O)O)CCCCC1.